The molecule has 0 unspecified atom stereocenters. The standard InChI is InChI=1S/C22H21N5O3/c1-15-18(14-23-27(15)17-6-3-2-4-7-17)22(28)26-11-9-16(10-12-26)20-24-25-21(30-20)19-8-5-13-29-19/h2-8,13-14,16H,9-12H2,1H3. The van der Waals surface area contributed by atoms with Gasteiger partial charge in [0.1, 0.15) is 0 Å². The number of para-hydroxylation sites is 1. The first kappa shape index (κ1) is 18.4. The van der Waals surface area contributed by atoms with Crippen molar-refractivity contribution in [3.05, 3.63) is 72.1 Å². The number of likely N-dealkylation sites (tertiary alicyclic amines) is 1. The van der Waals surface area contributed by atoms with E-state index in [1.807, 2.05) is 42.2 Å². The molecule has 1 amide bonds. The lowest BCUT2D eigenvalue weighted by Crippen LogP contribution is -2.38. The molecule has 4 aromatic rings. The van der Waals surface area contributed by atoms with Crippen LogP contribution in [0.5, 0.6) is 0 Å². The van der Waals surface area contributed by atoms with Crippen molar-refractivity contribution in [2.45, 2.75) is 25.7 Å². The number of hydrogen-bond donors (Lipinski definition) is 0. The maximum atomic E-state index is 13.1. The van der Waals surface area contributed by atoms with E-state index in [0.29, 0.717) is 36.2 Å². The first-order valence-electron chi connectivity index (χ1n) is 9.97. The molecule has 1 saturated heterocycles. The van der Waals surface area contributed by atoms with E-state index >= 15 is 0 Å². The molecular weight excluding hydrogens is 382 g/mol. The lowest BCUT2D eigenvalue weighted by molar-refractivity contribution is 0.0705. The highest BCUT2D eigenvalue weighted by molar-refractivity contribution is 5.95. The minimum Gasteiger partial charge on any atom is -0.459 e. The van der Waals surface area contributed by atoms with Gasteiger partial charge in [0, 0.05) is 19.0 Å². The Bertz CT molecular complexity index is 1140. The van der Waals surface area contributed by atoms with Gasteiger partial charge in [-0.05, 0) is 44.0 Å². The van der Waals surface area contributed by atoms with E-state index in [1.54, 1.807) is 29.3 Å². The van der Waals surface area contributed by atoms with Crippen molar-refractivity contribution in [1.29, 1.82) is 0 Å². The fraction of sp³-hybridized carbons (Fsp3) is 0.273. The fourth-order valence-electron chi connectivity index (χ4n) is 3.85. The van der Waals surface area contributed by atoms with Gasteiger partial charge in [-0.1, -0.05) is 18.2 Å². The number of hydrogen-bond acceptors (Lipinski definition) is 6. The van der Waals surface area contributed by atoms with Crippen molar-refractivity contribution in [2.24, 2.45) is 0 Å². The van der Waals surface area contributed by atoms with Gasteiger partial charge in [0.2, 0.25) is 5.89 Å². The molecule has 8 heteroatoms. The summed E-state index contributed by atoms with van der Waals surface area (Å²) < 4.78 is 12.9. The molecule has 0 atom stereocenters. The number of aromatic nitrogens is 4. The van der Waals surface area contributed by atoms with E-state index in [4.69, 9.17) is 8.83 Å². The molecule has 8 nitrogen and oxygen atoms in total. The quantitative estimate of drug-likeness (QED) is 0.514. The summed E-state index contributed by atoms with van der Waals surface area (Å²) >= 11 is 0. The van der Waals surface area contributed by atoms with Crippen LogP contribution in [0, 0.1) is 6.92 Å². The Morgan fingerprint density at radius 1 is 1.07 bits per heavy atom. The van der Waals surface area contributed by atoms with Gasteiger partial charge in [-0.15, -0.1) is 10.2 Å². The summed E-state index contributed by atoms with van der Waals surface area (Å²) in [4.78, 5) is 15.0. The predicted octanol–water partition coefficient (Wildman–Crippen LogP) is 3.84. The number of nitrogens with zero attached hydrogens (tertiary/aromatic N) is 5. The molecule has 152 valence electrons. The van der Waals surface area contributed by atoms with E-state index in [2.05, 4.69) is 15.3 Å². The van der Waals surface area contributed by atoms with Crippen LogP contribution in [-0.2, 0) is 0 Å². The molecule has 0 saturated carbocycles. The molecule has 0 N–H and O–H groups in total. The van der Waals surface area contributed by atoms with Gasteiger partial charge in [0.15, 0.2) is 5.76 Å². The zero-order valence-electron chi connectivity index (χ0n) is 16.6. The number of carbonyl (C=O) groups excluding carboxylic acids is 1. The molecule has 0 aliphatic carbocycles. The molecule has 3 aromatic heterocycles. The summed E-state index contributed by atoms with van der Waals surface area (Å²) in [6.45, 7) is 3.20. The maximum absolute atomic E-state index is 13.1. The van der Waals surface area contributed by atoms with E-state index in [0.717, 1.165) is 24.2 Å². The van der Waals surface area contributed by atoms with Gasteiger partial charge in [-0.25, -0.2) is 4.68 Å². The topological polar surface area (TPSA) is 90.2 Å². The third kappa shape index (κ3) is 3.30. The second kappa shape index (κ2) is 7.62. The fourth-order valence-corrected chi connectivity index (χ4v) is 3.85. The Labute approximate surface area is 173 Å². The van der Waals surface area contributed by atoms with E-state index < -0.39 is 0 Å². The van der Waals surface area contributed by atoms with Crippen LogP contribution < -0.4 is 0 Å². The zero-order chi connectivity index (χ0) is 20.5. The van der Waals surface area contributed by atoms with Crippen molar-refractivity contribution in [3.8, 4) is 17.3 Å². The van der Waals surface area contributed by atoms with Crippen LogP contribution in [-0.4, -0.2) is 43.9 Å². The summed E-state index contributed by atoms with van der Waals surface area (Å²) in [6, 6.07) is 13.4. The largest absolute Gasteiger partial charge is 0.459 e. The Hall–Kier alpha value is -3.68. The highest BCUT2D eigenvalue weighted by Crippen LogP contribution is 2.30. The summed E-state index contributed by atoms with van der Waals surface area (Å²) in [5, 5.41) is 12.7. The van der Waals surface area contributed by atoms with Gasteiger partial charge < -0.3 is 13.7 Å². The highest BCUT2D eigenvalue weighted by Gasteiger charge is 2.29. The van der Waals surface area contributed by atoms with E-state index in [-0.39, 0.29) is 11.8 Å². The first-order valence-corrected chi connectivity index (χ1v) is 9.97. The van der Waals surface area contributed by atoms with Crippen LogP contribution in [0.25, 0.3) is 17.3 Å². The summed E-state index contributed by atoms with van der Waals surface area (Å²) in [7, 11) is 0. The number of amides is 1. The predicted molar refractivity (Wildman–Crippen MR) is 108 cm³/mol. The molecular formula is C22H21N5O3. The Kier molecular flexibility index (Phi) is 4.66. The maximum Gasteiger partial charge on any atom is 0.283 e. The molecule has 4 heterocycles. The number of benzene rings is 1. The third-order valence-electron chi connectivity index (χ3n) is 5.54. The number of furan rings is 1. The van der Waals surface area contributed by atoms with Gasteiger partial charge in [-0.3, -0.25) is 4.79 Å². The normalized spacial score (nSPS) is 14.9. The summed E-state index contributed by atoms with van der Waals surface area (Å²) in [6.07, 6.45) is 4.78. The van der Waals surface area contributed by atoms with Crippen LogP contribution in [0.4, 0.5) is 0 Å². The summed E-state index contributed by atoms with van der Waals surface area (Å²) in [5.74, 6) is 1.69. The Morgan fingerprint density at radius 2 is 1.87 bits per heavy atom. The summed E-state index contributed by atoms with van der Waals surface area (Å²) in [5.41, 5.74) is 2.42. The molecule has 1 aliphatic heterocycles. The minimum absolute atomic E-state index is 0.00920. The molecule has 1 fully saturated rings. The van der Waals surface area contributed by atoms with Gasteiger partial charge in [0.25, 0.3) is 11.8 Å². The smallest absolute Gasteiger partial charge is 0.283 e. The highest BCUT2D eigenvalue weighted by atomic mass is 16.4. The van der Waals surface area contributed by atoms with Crippen LogP contribution in [0.2, 0.25) is 0 Å². The zero-order valence-corrected chi connectivity index (χ0v) is 16.6. The molecule has 0 spiro atoms. The van der Waals surface area contributed by atoms with Crippen molar-refractivity contribution in [1.82, 2.24) is 24.9 Å². The van der Waals surface area contributed by atoms with Crippen LogP contribution >= 0.6 is 0 Å². The third-order valence-corrected chi connectivity index (χ3v) is 5.54. The van der Waals surface area contributed by atoms with Crippen LogP contribution in [0.1, 0.15) is 40.7 Å². The SMILES string of the molecule is Cc1c(C(=O)N2CCC(c3nnc(-c4ccco4)o3)CC2)cnn1-c1ccccc1. The second-order valence-electron chi connectivity index (χ2n) is 7.38. The molecule has 0 bridgehead atoms. The average Bonchev–Trinajstić information content (AvgIpc) is 3.55. The lowest BCUT2D eigenvalue weighted by Gasteiger charge is -2.30. The molecule has 1 aromatic carbocycles. The van der Waals surface area contributed by atoms with Crippen molar-refractivity contribution < 1.29 is 13.6 Å². The molecule has 5 rings (SSSR count). The minimum atomic E-state index is 0.00920. The van der Waals surface area contributed by atoms with Gasteiger partial charge >= 0.3 is 0 Å². The lowest BCUT2D eigenvalue weighted by atomic mass is 9.96. The Balaban J connectivity index is 1.26. The van der Waals surface area contributed by atoms with E-state index in [1.165, 1.54) is 0 Å². The van der Waals surface area contributed by atoms with Crippen molar-refractivity contribution in [2.75, 3.05) is 13.1 Å². The second-order valence-corrected chi connectivity index (χ2v) is 7.38. The van der Waals surface area contributed by atoms with Crippen molar-refractivity contribution >= 4 is 5.91 Å². The monoisotopic (exact) mass is 403 g/mol. The van der Waals surface area contributed by atoms with Crippen molar-refractivity contribution in [3.63, 3.8) is 0 Å². The molecule has 0 radical (unpaired) electrons. The Morgan fingerprint density at radius 3 is 2.60 bits per heavy atom. The number of piperidine rings is 1. The van der Waals surface area contributed by atoms with Gasteiger partial charge in [-0.2, -0.15) is 5.10 Å². The van der Waals surface area contributed by atoms with Crippen LogP contribution in [0.15, 0.2) is 63.8 Å². The van der Waals surface area contributed by atoms with Crippen LogP contribution in [0.3, 0.4) is 0 Å². The van der Waals surface area contributed by atoms with Gasteiger partial charge in [0.05, 0.1) is 29.4 Å². The first-order chi connectivity index (χ1) is 14.7. The molecule has 1 aliphatic rings. The number of rotatable bonds is 4. The molecule has 30 heavy (non-hydrogen) atoms. The van der Waals surface area contributed by atoms with E-state index in [9.17, 15) is 4.79 Å². The average molecular weight is 403 g/mol. The number of carbonyl (C=O) groups is 1.